The van der Waals surface area contributed by atoms with E-state index >= 15 is 0 Å². The van der Waals surface area contributed by atoms with Crippen LogP contribution in [0.4, 0.5) is 0 Å². The van der Waals surface area contributed by atoms with E-state index in [9.17, 15) is 14.7 Å². The van der Waals surface area contributed by atoms with Gasteiger partial charge < -0.3 is 15.1 Å². The summed E-state index contributed by atoms with van der Waals surface area (Å²) in [5.74, 6) is -1.83. The fourth-order valence-corrected chi connectivity index (χ4v) is 2.84. The molecule has 2 N–H and O–H groups in total. The van der Waals surface area contributed by atoms with Gasteiger partial charge in [0, 0.05) is 13.6 Å². The molecule has 5 nitrogen and oxygen atoms in total. The maximum absolute atomic E-state index is 12.3. The molecule has 0 unspecified atom stereocenters. The smallest absolute Gasteiger partial charge is 0.307 e. The van der Waals surface area contributed by atoms with Crippen molar-refractivity contribution >= 4 is 11.9 Å². The van der Waals surface area contributed by atoms with Gasteiger partial charge in [0.05, 0.1) is 11.8 Å². The second-order valence-electron chi connectivity index (χ2n) is 5.35. The molecule has 1 saturated carbocycles. The second-order valence-corrected chi connectivity index (χ2v) is 5.35. The summed E-state index contributed by atoms with van der Waals surface area (Å²) < 4.78 is 0. The van der Waals surface area contributed by atoms with Crippen molar-refractivity contribution in [1.29, 1.82) is 0 Å². The Morgan fingerprint density at radius 2 is 2.00 bits per heavy atom. The standard InChI is InChI=1S/C15H19NO4/c1-16(9-10-4-2-5-11(17)8-10)14(18)12-6-3-7-13(12)15(19)20/h2,4-5,8,12-13,17H,3,6-7,9H2,1H3,(H,19,20)/t12-,13+/m1/s1. The summed E-state index contributed by atoms with van der Waals surface area (Å²) in [6.07, 6.45) is 2.00. The Hall–Kier alpha value is -2.04. The van der Waals surface area contributed by atoms with Crippen LogP contribution in [0.1, 0.15) is 24.8 Å². The van der Waals surface area contributed by atoms with Gasteiger partial charge >= 0.3 is 5.97 Å². The van der Waals surface area contributed by atoms with Gasteiger partial charge in [0.15, 0.2) is 0 Å². The monoisotopic (exact) mass is 277 g/mol. The van der Waals surface area contributed by atoms with Crippen LogP contribution in [0.2, 0.25) is 0 Å². The number of aromatic hydroxyl groups is 1. The number of phenolic OH excluding ortho intramolecular Hbond substituents is 1. The quantitative estimate of drug-likeness (QED) is 0.880. The third-order valence-electron chi connectivity index (χ3n) is 3.86. The van der Waals surface area contributed by atoms with Crippen molar-refractivity contribution in [2.45, 2.75) is 25.8 Å². The molecule has 0 heterocycles. The number of benzene rings is 1. The number of carbonyl (C=O) groups is 2. The first-order valence-corrected chi connectivity index (χ1v) is 6.74. The van der Waals surface area contributed by atoms with Gasteiger partial charge in [-0.3, -0.25) is 9.59 Å². The van der Waals surface area contributed by atoms with Crippen molar-refractivity contribution < 1.29 is 19.8 Å². The summed E-state index contributed by atoms with van der Waals surface area (Å²) in [5, 5.41) is 18.5. The van der Waals surface area contributed by atoms with Gasteiger partial charge in [-0.05, 0) is 30.5 Å². The lowest BCUT2D eigenvalue weighted by Gasteiger charge is -2.23. The van der Waals surface area contributed by atoms with E-state index in [1.54, 1.807) is 30.1 Å². The highest BCUT2D eigenvalue weighted by atomic mass is 16.4. The van der Waals surface area contributed by atoms with Crippen LogP contribution >= 0.6 is 0 Å². The number of carboxylic acid groups (broad SMARTS) is 1. The lowest BCUT2D eigenvalue weighted by atomic mass is 9.95. The Morgan fingerprint density at radius 1 is 1.30 bits per heavy atom. The van der Waals surface area contributed by atoms with Gasteiger partial charge in [0.2, 0.25) is 5.91 Å². The Kier molecular flexibility index (Phi) is 4.27. The average Bonchev–Trinajstić information content (AvgIpc) is 2.87. The SMILES string of the molecule is CN(Cc1cccc(O)c1)C(=O)[C@@H]1CCC[C@@H]1C(=O)O. The number of carboxylic acids is 1. The van der Waals surface area contributed by atoms with E-state index in [4.69, 9.17) is 5.11 Å². The summed E-state index contributed by atoms with van der Waals surface area (Å²) in [7, 11) is 1.67. The molecule has 1 amide bonds. The minimum Gasteiger partial charge on any atom is -0.508 e. The number of rotatable bonds is 4. The van der Waals surface area contributed by atoms with Crippen LogP contribution in [0.5, 0.6) is 5.75 Å². The van der Waals surface area contributed by atoms with Crippen LogP contribution in [0.15, 0.2) is 24.3 Å². The molecule has 1 aliphatic rings. The van der Waals surface area contributed by atoms with Crippen LogP contribution < -0.4 is 0 Å². The largest absolute Gasteiger partial charge is 0.508 e. The third-order valence-corrected chi connectivity index (χ3v) is 3.86. The predicted molar refractivity (Wildman–Crippen MR) is 73.0 cm³/mol. The molecular weight excluding hydrogens is 258 g/mol. The molecular formula is C15H19NO4. The molecule has 0 spiro atoms. The van der Waals surface area contributed by atoms with Crippen molar-refractivity contribution in [2.24, 2.45) is 11.8 Å². The zero-order chi connectivity index (χ0) is 14.7. The molecule has 1 aromatic rings. The first-order valence-electron chi connectivity index (χ1n) is 6.74. The first kappa shape index (κ1) is 14.4. The predicted octanol–water partition coefficient (Wildman–Crippen LogP) is 1.85. The van der Waals surface area contributed by atoms with Crippen LogP contribution in [0.3, 0.4) is 0 Å². The van der Waals surface area contributed by atoms with E-state index in [1.165, 1.54) is 0 Å². The Labute approximate surface area is 117 Å². The lowest BCUT2D eigenvalue weighted by molar-refractivity contribution is -0.148. The summed E-state index contributed by atoms with van der Waals surface area (Å²) in [5.41, 5.74) is 0.825. The van der Waals surface area contributed by atoms with Gasteiger partial charge in [0.1, 0.15) is 5.75 Å². The molecule has 1 fully saturated rings. The van der Waals surface area contributed by atoms with Gasteiger partial charge in [-0.2, -0.15) is 0 Å². The van der Waals surface area contributed by atoms with Gasteiger partial charge in [-0.1, -0.05) is 18.6 Å². The summed E-state index contributed by atoms with van der Waals surface area (Å²) in [6.45, 7) is 0.371. The summed E-state index contributed by atoms with van der Waals surface area (Å²) >= 11 is 0. The minimum atomic E-state index is -0.883. The van der Waals surface area contributed by atoms with Crippen LogP contribution in [0, 0.1) is 11.8 Å². The molecule has 2 rings (SSSR count). The number of hydrogen-bond acceptors (Lipinski definition) is 3. The number of amides is 1. The topological polar surface area (TPSA) is 77.8 Å². The minimum absolute atomic E-state index is 0.127. The molecule has 20 heavy (non-hydrogen) atoms. The second kappa shape index (κ2) is 5.94. The van der Waals surface area contributed by atoms with Gasteiger partial charge in [0.25, 0.3) is 0 Å². The van der Waals surface area contributed by atoms with Crippen molar-refractivity contribution in [2.75, 3.05) is 7.05 Å². The van der Waals surface area contributed by atoms with Crippen LogP contribution in [-0.4, -0.2) is 34.0 Å². The fourth-order valence-electron chi connectivity index (χ4n) is 2.84. The zero-order valence-electron chi connectivity index (χ0n) is 11.5. The Balaban J connectivity index is 2.03. The van der Waals surface area contributed by atoms with E-state index in [-0.39, 0.29) is 11.7 Å². The average molecular weight is 277 g/mol. The molecule has 0 bridgehead atoms. The van der Waals surface area contributed by atoms with E-state index in [0.29, 0.717) is 19.4 Å². The molecule has 1 aliphatic carbocycles. The summed E-state index contributed by atoms with van der Waals surface area (Å²) in [6, 6.07) is 6.72. The van der Waals surface area contributed by atoms with E-state index in [0.717, 1.165) is 12.0 Å². The Bertz CT molecular complexity index is 514. The van der Waals surface area contributed by atoms with E-state index in [2.05, 4.69) is 0 Å². The Morgan fingerprint density at radius 3 is 2.65 bits per heavy atom. The molecule has 0 radical (unpaired) electrons. The van der Waals surface area contributed by atoms with Crippen molar-refractivity contribution in [1.82, 2.24) is 4.90 Å². The third kappa shape index (κ3) is 3.10. The molecule has 108 valence electrons. The van der Waals surface area contributed by atoms with Gasteiger partial charge in [-0.25, -0.2) is 0 Å². The van der Waals surface area contributed by atoms with E-state index in [1.807, 2.05) is 6.07 Å². The zero-order valence-corrected chi connectivity index (χ0v) is 11.5. The molecule has 0 aliphatic heterocycles. The van der Waals surface area contributed by atoms with Crippen molar-refractivity contribution in [3.8, 4) is 5.75 Å². The number of nitrogens with zero attached hydrogens (tertiary/aromatic N) is 1. The normalized spacial score (nSPS) is 21.6. The van der Waals surface area contributed by atoms with Crippen LogP contribution in [-0.2, 0) is 16.1 Å². The van der Waals surface area contributed by atoms with Crippen LogP contribution in [0.25, 0.3) is 0 Å². The fraction of sp³-hybridized carbons (Fsp3) is 0.467. The van der Waals surface area contributed by atoms with E-state index < -0.39 is 17.8 Å². The maximum Gasteiger partial charge on any atom is 0.307 e. The maximum atomic E-state index is 12.3. The summed E-state index contributed by atoms with van der Waals surface area (Å²) in [4.78, 5) is 25.0. The van der Waals surface area contributed by atoms with Crippen molar-refractivity contribution in [3.05, 3.63) is 29.8 Å². The molecule has 1 aromatic carbocycles. The molecule has 0 aromatic heterocycles. The number of hydrogen-bond donors (Lipinski definition) is 2. The molecule has 5 heteroatoms. The highest BCUT2D eigenvalue weighted by Crippen LogP contribution is 2.33. The van der Waals surface area contributed by atoms with Gasteiger partial charge in [-0.15, -0.1) is 0 Å². The number of phenols is 1. The highest BCUT2D eigenvalue weighted by Gasteiger charge is 2.38. The molecule has 2 atom stereocenters. The highest BCUT2D eigenvalue weighted by molar-refractivity contribution is 5.85. The number of carbonyl (C=O) groups excluding carboxylic acids is 1. The van der Waals surface area contributed by atoms with Crippen molar-refractivity contribution in [3.63, 3.8) is 0 Å². The lowest BCUT2D eigenvalue weighted by Crippen LogP contribution is -2.36. The number of aliphatic carboxylic acids is 1. The first-order chi connectivity index (χ1) is 9.49. The molecule has 0 saturated heterocycles.